The fourth-order valence-corrected chi connectivity index (χ4v) is 3.54. The number of aliphatic hydroxyl groups is 2. The minimum Gasteiger partial charge on any atom is -0.503 e. The number of carbonyl (C=O) groups excluding carboxylic acids is 2. The molecular weight excluding hydrogens is 409 g/mol. The standard InChI is InChI=1S/C19H17Cl2NO6/c20-11-3-4-12(13(21)10-11)16-15(17(24)14-2-1-7-28-14)18(25)19(26)22(16)5-8-27-9-6-23/h1-4,7,10,16,23,25H,5-6,8-9H2/t16-/m1/s1. The largest absolute Gasteiger partial charge is 0.503 e. The quantitative estimate of drug-likeness (QED) is 0.497. The second kappa shape index (κ2) is 8.79. The van der Waals surface area contributed by atoms with Crippen molar-refractivity contribution in [1.82, 2.24) is 4.90 Å². The Morgan fingerprint density at radius 1 is 1.25 bits per heavy atom. The monoisotopic (exact) mass is 425 g/mol. The molecule has 0 saturated carbocycles. The predicted octanol–water partition coefficient (Wildman–Crippen LogP) is 3.17. The van der Waals surface area contributed by atoms with Crippen LogP contribution >= 0.6 is 23.2 Å². The second-order valence-corrected chi connectivity index (χ2v) is 6.82. The van der Waals surface area contributed by atoms with Crippen LogP contribution in [0.15, 0.2) is 52.3 Å². The number of halogens is 2. The molecule has 1 aliphatic heterocycles. The first-order valence-corrected chi connectivity index (χ1v) is 9.17. The molecule has 7 nitrogen and oxygen atoms in total. The maximum Gasteiger partial charge on any atom is 0.290 e. The van der Waals surface area contributed by atoms with Gasteiger partial charge in [0.25, 0.3) is 5.91 Å². The Hall–Kier alpha value is -2.32. The van der Waals surface area contributed by atoms with Gasteiger partial charge in [-0.3, -0.25) is 9.59 Å². The highest BCUT2D eigenvalue weighted by atomic mass is 35.5. The van der Waals surface area contributed by atoms with E-state index in [2.05, 4.69) is 0 Å². The Kier molecular flexibility index (Phi) is 6.41. The van der Waals surface area contributed by atoms with Gasteiger partial charge in [0.15, 0.2) is 11.5 Å². The maximum atomic E-state index is 12.9. The van der Waals surface area contributed by atoms with E-state index in [1.54, 1.807) is 12.1 Å². The number of carbonyl (C=O) groups is 2. The number of furan rings is 1. The highest BCUT2D eigenvalue weighted by Gasteiger charge is 2.44. The number of ether oxygens (including phenoxy) is 1. The summed E-state index contributed by atoms with van der Waals surface area (Å²) in [4.78, 5) is 26.9. The van der Waals surface area contributed by atoms with E-state index in [0.717, 1.165) is 0 Å². The lowest BCUT2D eigenvalue weighted by Gasteiger charge is -2.27. The van der Waals surface area contributed by atoms with Gasteiger partial charge in [0.2, 0.25) is 5.78 Å². The molecule has 1 atom stereocenters. The summed E-state index contributed by atoms with van der Waals surface area (Å²) < 4.78 is 10.4. The van der Waals surface area contributed by atoms with Gasteiger partial charge < -0.3 is 24.3 Å². The average molecular weight is 426 g/mol. The fourth-order valence-electron chi connectivity index (χ4n) is 3.03. The average Bonchev–Trinajstić information content (AvgIpc) is 3.28. The van der Waals surface area contributed by atoms with Crippen LogP contribution in [0.2, 0.25) is 10.0 Å². The summed E-state index contributed by atoms with van der Waals surface area (Å²) in [6, 6.07) is 6.71. The molecule has 0 spiro atoms. The third kappa shape index (κ3) is 3.93. The first kappa shape index (κ1) is 20.4. The molecule has 0 unspecified atom stereocenters. The number of hydrogen-bond donors (Lipinski definition) is 2. The number of benzene rings is 1. The molecule has 28 heavy (non-hydrogen) atoms. The lowest BCUT2D eigenvalue weighted by molar-refractivity contribution is -0.130. The number of Topliss-reactive ketones (excluding diaryl/α,β-unsaturated/α-hetero) is 1. The SMILES string of the molecule is O=C(C1=C(O)C(=O)N(CCOCCO)[C@@H]1c1ccc(Cl)cc1Cl)c1ccco1. The molecule has 1 aromatic carbocycles. The molecular formula is C19H17Cl2NO6. The number of amides is 1. The summed E-state index contributed by atoms with van der Waals surface area (Å²) in [7, 11) is 0. The summed E-state index contributed by atoms with van der Waals surface area (Å²) in [5, 5.41) is 19.9. The Bertz CT molecular complexity index is 909. The smallest absolute Gasteiger partial charge is 0.290 e. The number of aliphatic hydroxyl groups excluding tert-OH is 2. The van der Waals surface area contributed by atoms with Gasteiger partial charge in [-0.25, -0.2) is 0 Å². The van der Waals surface area contributed by atoms with E-state index in [4.69, 9.17) is 37.5 Å². The molecule has 0 aliphatic carbocycles. The zero-order valence-corrected chi connectivity index (χ0v) is 16.1. The van der Waals surface area contributed by atoms with Crippen molar-refractivity contribution in [2.75, 3.05) is 26.4 Å². The van der Waals surface area contributed by atoms with Crippen molar-refractivity contribution < 1.29 is 29.0 Å². The van der Waals surface area contributed by atoms with E-state index in [9.17, 15) is 14.7 Å². The maximum absolute atomic E-state index is 12.9. The van der Waals surface area contributed by atoms with Crippen LogP contribution in [0, 0.1) is 0 Å². The lowest BCUT2D eigenvalue weighted by atomic mass is 9.95. The van der Waals surface area contributed by atoms with Crippen molar-refractivity contribution in [3.63, 3.8) is 0 Å². The van der Waals surface area contributed by atoms with Gasteiger partial charge in [-0.05, 0) is 29.8 Å². The number of nitrogens with zero attached hydrogens (tertiary/aromatic N) is 1. The molecule has 0 saturated heterocycles. The highest BCUT2D eigenvalue weighted by molar-refractivity contribution is 6.35. The van der Waals surface area contributed by atoms with Crippen molar-refractivity contribution in [2.45, 2.75) is 6.04 Å². The van der Waals surface area contributed by atoms with Crippen LogP contribution in [-0.2, 0) is 9.53 Å². The van der Waals surface area contributed by atoms with E-state index in [1.807, 2.05) is 0 Å². The molecule has 1 amide bonds. The summed E-state index contributed by atoms with van der Waals surface area (Å²) in [6.45, 7) is 0.114. The molecule has 0 fully saturated rings. The van der Waals surface area contributed by atoms with E-state index >= 15 is 0 Å². The second-order valence-electron chi connectivity index (χ2n) is 5.97. The van der Waals surface area contributed by atoms with Crippen molar-refractivity contribution in [2.24, 2.45) is 0 Å². The van der Waals surface area contributed by atoms with Gasteiger partial charge in [-0.1, -0.05) is 29.3 Å². The molecule has 2 N–H and O–H groups in total. The Morgan fingerprint density at radius 3 is 2.68 bits per heavy atom. The molecule has 148 valence electrons. The first-order valence-electron chi connectivity index (χ1n) is 8.41. The predicted molar refractivity (Wildman–Crippen MR) is 102 cm³/mol. The molecule has 9 heteroatoms. The summed E-state index contributed by atoms with van der Waals surface area (Å²) in [6.07, 6.45) is 1.33. The van der Waals surface area contributed by atoms with Gasteiger partial charge >= 0.3 is 0 Å². The van der Waals surface area contributed by atoms with E-state index in [-0.39, 0.29) is 42.7 Å². The van der Waals surface area contributed by atoms with Crippen LogP contribution in [0.25, 0.3) is 0 Å². The molecule has 1 aliphatic rings. The van der Waals surface area contributed by atoms with E-state index in [0.29, 0.717) is 10.6 Å². The van der Waals surface area contributed by atoms with Gasteiger partial charge in [-0.2, -0.15) is 0 Å². The van der Waals surface area contributed by atoms with Crippen molar-refractivity contribution in [3.8, 4) is 0 Å². The van der Waals surface area contributed by atoms with Crippen molar-refractivity contribution >= 4 is 34.9 Å². The van der Waals surface area contributed by atoms with E-state index in [1.165, 1.54) is 29.4 Å². The summed E-state index contributed by atoms with van der Waals surface area (Å²) in [5.41, 5.74) is 0.298. The summed E-state index contributed by atoms with van der Waals surface area (Å²) >= 11 is 12.3. The van der Waals surface area contributed by atoms with Gasteiger partial charge in [-0.15, -0.1) is 0 Å². The molecule has 3 rings (SSSR count). The topological polar surface area (TPSA) is 100 Å². The summed E-state index contributed by atoms with van der Waals surface area (Å²) in [5.74, 6) is -2.02. The zero-order chi connectivity index (χ0) is 20.3. The Labute approximate surface area is 170 Å². The first-order chi connectivity index (χ1) is 13.5. The van der Waals surface area contributed by atoms with Gasteiger partial charge in [0, 0.05) is 16.6 Å². The van der Waals surface area contributed by atoms with Crippen LogP contribution < -0.4 is 0 Å². The van der Waals surface area contributed by atoms with Crippen LogP contribution in [0.4, 0.5) is 0 Å². The molecule has 0 bridgehead atoms. The molecule has 2 heterocycles. The van der Waals surface area contributed by atoms with Gasteiger partial charge in [0.1, 0.15) is 0 Å². The van der Waals surface area contributed by atoms with Gasteiger partial charge in [0.05, 0.1) is 37.7 Å². The molecule has 2 aromatic rings. The normalized spacial score (nSPS) is 16.9. The number of hydrogen-bond acceptors (Lipinski definition) is 6. The molecule has 0 radical (unpaired) electrons. The van der Waals surface area contributed by atoms with Crippen molar-refractivity contribution in [1.29, 1.82) is 0 Å². The fraction of sp³-hybridized carbons (Fsp3) is 0.263. The van der Waals surface area contributed by atoms with Crippen LogP contribution in [-0.4, -0.2) is 53.2 Å². The Morgan fingerprint density at radius 2 is 2.04 bits per heavy atom. The minimum atomic E-state index is -0.937. The number of rotatable bonds is 8. The molecule has 1 aromatic heterocycles. The zero-order valence-electron chi connectivity index (χ0n) is 14.6. The highest BCUT2D eigenvalue weighted by Crippen LogP contribution is 2.41. The third-order valence-electron chi connectivity index (χ3n) is 4.26. The Balaban J connectivity index is 2.02. The van der Waals surface area contributed by atoms with Crippen LogP contribution in [0.5, 0.6) is 0 Å². The minimum absolute atomic E-state index is 0.0113. The van der Waals surface area contributed by atoms with Crippen LogP contribution in [0.1, 0.15) is 22.2 Å². The van der Waals surface area contributed by atoms with Crippen LogP contribution in [0.3, 0.4) is 0 Å². The third-order valence-corrected chi connectivity index (χ3v) is 4.82. The lowest BCUT2D eigenvalue weighted by Crippen LogP contribution is -2.34. The number of ketones is 1. The van der Waals surface area contributed by atoms with E-state index < -0.39 is 23.5 Å². The van der Waals surface area contributed by atoms with Crippen molar-refractivity contribution in [3.05, 3.63) is 69.3 Å².